The number of benzene rings is 2. The molecule has 1 aliphatic heterocycles. The van der Waals surface area contributed by atoms with Gasteiger partial charge >= 0.3 is 0 Å². The van der Waals surface area contributed by atoms with Gasteiger partial charge in [-0.1, -0.05) is 12.1 Å². The van der Waals surface area contributed by atoms with Crippen LogP contribution >= 0.6 is 15.9 Å². The van der Waals surface area contributed by atoms with Crippen LogP contribution in [-0.2, 0) is 4.79 Å². The van der Waals surface area contributed by atoms with Crippen molar-refractivity contribution in [2.45, 2.75) is 0 Å². The van der Waals surface area contributed by atoms with Gasteiger partial charge in [-0.15, -0.1) is 0 Å². The highest BCUT2D eigenvalue weighted by molar-refractivity contribution is 9.10. The monoisotopic (exact) mass is 540 g/mol. The summed E-state index contributed by atoms with van der Waals surface area (Å²) in [5.74, 6) is 0.322. The highest BCUT2D eigenvalue weighted by Crippen LogP contribution is 2.25. The van der Waals surface area contributed by atoms with Gasteiger partial charge in [-0.2, -0.15) is 0 Å². The van der Waals surface area contributed by atoms with Crippen molar-refractivity contribution in [3.8, 4) is 11.5 Å². The van der Waals surface area contributed by atoms with Crippen molar-refractivity contribution < 1.29 is 23.9 Å². The Labute approximate surface area is 211 Å². The Kier molecular flexibility index (Phi) is 7.50. The second kappa shape index (κ2) is 10.7. The maximum atomic E-state index is 12.9. The lowest BCUT2D eigenvalue weighted by Gasteiger charge is -2.35. The second-order valence-electron chi connectivity index (χ2n) is 7.93. The van der Waals surface area contributed by atoms with E-state index in [1.54, 1.807) is 47.2 Å². The van der Waals surface area contributed by atoms with Gasteiger partial charge < -0.3 is 24.6 Å². The fourth-order valence-corrected chi connectivity index (χ4v) is 4.33. The molecule has 0 atom stereocenters. The minimum atomic E-state index is -0.459. The number of aromatic nitrogens is 1. The Balaban J connectivity index is 1.33. The molecule has 2 heterocycles. The van der Waals surface area contributed by atoms with Crippen molar-refractivity contribution in [2.75, 3.05) is 46.9 Å². The largest absolute Gasteiger partial charge is 0.497 e. The first kappa shape index (κ1) is 24.5. The number of rotatable bonds is 6. The van der Waals surface area contributed by atoms with Gasteiger partial charge in [0.05, 0.1) is 31.8 Å². The number of amides is 3. The van der Waals surface area contributed by atoms with Gasteiger partial charge in [0.15, 0.2) is 0 Å². The summed E-state index contributed by atoms with van der Waals surface area (Å²) in [5.41, 5.74) is 1.31. The molecule has 1 aromatic heterocycles. The molecule has 4 rings (SSSR count). The summed E-state index contributed by atoms with van der Waals surface area (Å²) >= 11 is 3.42. The minimum absolute atomic E-state index is 0.132. The molecule has 182 valence electrons. The summed E-state index contributed by atoms with van der Waals surface area (Å²) in [6.07, 6.45) is 0. The van der Waals surface area contributed by atoms with Crippen LogP contribution in [0, 0.1) is 0 Å². The SMILES string of the molecule is COc1ccc(Br)c(C(=O)N2CCN(C(=O)CNC(=O)c3cc(OC)c4ccccc4n3)CC2)c1. The molecule has 10 heteroatoms. The molecule has 1 aliphatic rings. The van der Waals surface area contributed by atoms with Crippen molar-refractivity contribution in [3.05, 3.63) is 64.3 Å². The van der Waals surface area contributed by atoms with E-state index in [1.807, 2.05) is 18.2 Å². The van der Waals surface area contributed by atoms with Gasteiger partial charge in [-0.05, 0) is 46.3 Å². The van der Waals surface area contributed by atoms with Gasteiger partial charge in [0.1, 0.15) is 17.2 Å². The van der Waals surface area contributed by atoms with Crippen LogP contribution in [0.3, 0.4) is 0 Å². The first-order chi connectivity index (χ1) is 16.9. The zero-order valence-electron chi connectivity index (χ0n) is 19.4. The topological polar surface area (TPSA) is 101 Å². The van der Waals surface area contributed by atoms with E-state index in [2.05, 4.69) is 26.2 Å². The van der Waals surface area contributed by atoms with E-state index < -0.39 is 5.91 Å². The smallest absolute Gasteiger partial charge is 0.270 e. The number of nitrogens with one attached hydrogen (secondary N) is 1. The summed E-state index contributed by atoms with van der Waals surface area (Å²) in [6, 6.07) is 14.2. The number of halogens is 1. The molecule has 3 amide bonds. The zero-order chi connectivity index (χ0) is 24.9. The molecule has 0 bridgehead atoms. The fourth-order valence-electron chi connectivity index (χ4n) is 3.91. The Morgan fingerprint density at radius 1 is 0.971 bits per heavy atom. The lowest BCUT2D eigenvalue weighted by atomic mass is 10.1. The predicted octanol–water partition coefficient (Wildman–Crippen LogP) is 2.73. The number of piperazine rings is 1. The van der Waals surface area contributed by atoms with Gasteiger partial charge in [-0.25, -0.2) is 4.98 Å². The van der Waals surface area contributed by atoms with E-state index in [0.717, 1.165) is 5.39 Å². The maximum absolute atomic E-state index is 12.9. The van der Waals surface area contributed by atoms with Gasteiger partial charge in [0.25, 0.3) is 11.8 Å². The van der Waals surface area contributed by atoms with Gasteiger partial charge in [0, 0.05) is 42.1 Å². The molecule has 9 nitrogen and oxygen atoms in total. The van der Waals surface area contributed by atoms with E-state index in [0.29, 0.717) is 53.2 Å². The number of carbonyl (C=O) groups is 3. The number of nitrogens with zero attached hydrogens (tertiary/aromatic N) is 3. The normalized spacial score (nSPS) is 13.5. The predicted molar refractivity (Wildman–Crippen MR) is 134 cm³/mol. The number of para-hydroxylation sites is 1. The highest BCUT2D eigenvalue weighted by Gasteiger charge is 2.26. The molecular formula is C25H25BrN4O5. The second-order valence-corrected chi connectivity index (χ2v) is 8.78. The van der Waals surface area contributed by atoms with Gasteiger partial charge in [0.2, 0.25) is 5.91 Å². The number of fused-ring (bicyclic) bond motifs is 1. The summed E-state index contributed by atoms with van der Waals surface area (Å²) in [6.45, 7) is 1.39. The van der Waals surface area contributed by atoms with Crippen molar-refractivity contribution in [2.24, 2.45) is 0 Å². The third kappa shape index (κ3) is 5.37. The molecule has 0 aliphatic carbocycles. The van der Waals surface area contributed by atoms with Crippen molar-refractivity contribution >= 4 is 44.6 Å². The van der Waals surface area contributed by atoms with Crippen LogP contribution in [0.15, 0.2) is 53.0 Å². The van der Waals surface area contributed by atoms with E-state index >= 15 is 0 Å². The van der Waals surface area contributed by atoms with Crippen LogP contribution in [0.2, 0.25) is 0 Å². The van der Waals surface area contributed by atoms with E-state index in [9.17, 15) is 14.4 Å². The summed E-state index contributed by atoms with van der Waals surface area (Å²) in [4.78, 5) is 46.0. The molecule has 35 heavy (non-hydrogen) atoms. The number of hydrogen-bond acceptors (Lipinski definition) is 6. The quantitative estimate of drug-likeness (QED) is 0.515. The summed E-state index contributed by atoms with van der Waals surface area (Å²) in [5, 5.41) is 3.45. The Hall–Kier alpha value is -3.66. The van der Waals surface area contributed by atoms with Crippen LogP contribution in [0.1, 0.15) is 20.8 Å². The average molecular weight is 541 g/mol. The van der Waals surface area contributed by atoms with Crippen LogP contribution in [0.5, 0.6) is 11.5 Å². The Morgan fingerprint density at radius 2 is 1.69 bits per heavy atom. The minimum Gasteiger partial charge on any atom is -0.497 e. The first-order valence-electron chi connectivity index (χ1n) is 11.0. The van der Waals surface area contributed by atoms with Crippen LogP contribution in [0.4, 0.5) is 0 Å². The molecule has 1 N–H and O–H groups in total. The molecular weight excluding hydrogens is 516 g/mol. The van der Waals surface area contributed by atoms with Crippen molar-refractivity contribution in [1.82, 2.24) is 20.1 Å². The van der Waals surface area contributed by atoms with Crippen LogP contribution in [-0.4, -0.2) is 79.4 Å². The first-order valence-corrected chi connectivity index (χ1v) is 11.8. The van der Waals surface area contributed by atoms with E-state index in [4.69, 9.17) is 9.47 Å². The molecule has 0 spiro atoms. The van der Waals surface area contributed by atoms with E-state index in [-0.39, 0.29) is 24.1 Å². The molecule has 1 fully saturated rings. The number of methoxy groups -OCH3 is 2. The summed E-state index contributed by atoms with van der Waals surface area (Å²) in [7, 11) is 3.08. The Bertz CT molecular complexity index is 1270. The average Bonchev–Trinajstić information content (AvgIpc) is 2.90. The number of hydrogen-bond donors (Lipinski definition) is 1. The van der Waals surface area contributed by atoms with E-state index in [1.165, 1.54) is 7.11 Å². The standard InChI is InChI=1S/C25H25BrN4O5/c1-34-16-7-8-19(26)18(13-16)25(33)30-11-9-29(10-12-30)23(31)15-27-24(32)21-14-22(35-2)17-5-3-4-6-20(17)28-21/h3-8,13-14H,9-12,15H2,1-2H3,(H,27,32). The Morgan fingerprint density at radius 3 is 2.40 bits per heavy atom. The zero-order valence-corrected chi connectivity index (χ0v) is 21.0. The number of carbonyl (C=O) groups excluding carboxylic acids is 3. The maximum Gasteiger partial charge on any atom is 0.270 e. The lowest BCUT2D eigenvalue weighted by Crippen LogP contribution is -2.52. The van der Waals surface area contributed by atoms with Gasteiger partial charge in [-0.3, -0.25) is 14.4 Å². The molecule has 0 unspecified atom stereocenters. The molecule has 3 aromatic rings. The third-order valence-corrected chi connectivity index (χ3v) is 6.55. The number of pyridine rings is 1. The number of ether oxygens (including phenoxy) is 2. The highest BCUT2D eigenvalue weighted by atomic mass is 79.9. The molecule has 1 saturated heterocycles. The van der Waals surface area contributed by atoms with Crippen LogP contribution < -0.4 is 14.8 Å². The molecule has 0 saturated carbocycles. The lowest BCUT2D eigenvalue weighted by molar-refractivity contribution is -0.131. The van der Waals surface area contributed by atoms with Crippen LogP contribution in [0.25, 0.3) is 10.9 Å². The van der Waals surface area contributed by atoms with Crippen molar-refractivity contribution in [3.63, 3.8) is 0 Å². The van der Waals surface area contributed by atoms with Crippen molar-refractivity contribution in [1.29, 1.82) is 0 Å². The molecule has 2 aromatic carbocycles. The third-order valence-electron chi connectivity index (χ3n) is 5.85. The fraction of sp³-hybridized carbons (Fsp3) is 0.280. The molecule has 0 radical (unpaired) electrons. The summed E-state index contributed by atoms with van der Waals surface area (Å²) < 4.78 is 11.3.